The van der Waals surface area contributed by atoms with Gasteiger partial charge in [-0.05, 0) is 108 Å². The normalized spacial score (nSPS) is 23.9. The second kappa shape index (κ2) is 16.6. The Morgan fingerprint density at radius 1 is 0.870 bits per heavy atom. The average Bonchev–Trinajstić information content (AvgIpc) is 4.03. The summed E-state index contributed by atoms with van der Waals surface area (Å²) in [6.45, 7) is 6.90. The molecule has 3 amide bonds. The Labute approximate surface area is 399 Å². The highest BCUT2D eigenvalue weighted by atomic mass is 19.3. The molecular weight excluding hydrogens is 879 g/mol. The predicted molar refractivity (Wildman–Crippen MR) is 255 cm³/mol. The van der Waals surface area contributed by atoms with E-state index in [1.165, 1.54) is 13.2 Å². The van der Waals surface area contributed by atoms with E-state index in [0.29, 0.717) is 66.8 Å². The molecule has 0 radical (unpaired) electrons. The van der Waals surface area contributed by atoms with E-state index in [2.05, 4.69) is 30.1 Å². The minimum absolute atomic E-state index is 0.0288. The summed E-state index contributed by atoms with van der Waals surface area (Å²) < 4.78 is 44.1. The summed E-state index contributed by atoms with van der Waals surface area (Å²) >= 11 is 0. The standard InChI is InChI=1S/C54H56F2N8O5/c1-30(2)45(61-52(67)68-3)50(65)63-29-53(17-18-53)27-44(63)43-28-57-48(60-43)35-11-15-38-37-14-10-32(24-39(37)54(55,56)40(38)25-35)33-12-16-41-42(26-33)59-49(58-41)46-34-9-13-36(23-34)64(46)51(66)47(31-7-5-4-6-8-31)62-19-21-69-22-20-62/h4-8,10-12,14-16,24-26,28,30,34,36,44-47H,9,13,17-23,27,29H2,1-3H3,(H,57,60)(H,58,59)(H,61,67)/t34-,36+,44-,45-,46-,47+/m0/s1. The summed E-state index contributed by atoms with van der Waals surface area (Å²) in [5, 5.41) is 2.72. The van der Waals surface area contributed by atoms with Gasteiger partial charge in [0.05, 0.1) is 55.3 Å². The molecule has 3 aliphatic heterocycles. The molecule has 5 heterocycles. The van der Waals surface area contributed by atoms with E-state index in [4.69, 9.17) is 14.5 Å². The van der Waals surface area contributed by atoms with Gasteiger partial charge in [-0.15, -0.1) is 0 Å². The monoisotopic (exact) mass is 934 g/mol. The number of morpholine rings is 1. The van der Waals surface area contributed by atoms with Crippen LogP contribution < -0.4 is 5.32 Å². The number of carbonyl (C=O) groups excluding carboxylic acids is 3. The van der Waals surface area contributed by atoms with Gasteiger partial charge in [-0.2, -0.15) is 8.78 Å². The van der Waals surface area contributed by atoms with Crippen molar-refractivity contribution < 1.29 is 32.6 Å². The molecule has 6 aliphatic rings. The van der Waals surface area contributed by atoms with E-state index < -0.39 is 24.1 Å². The van der Waals surface area contributed by atoms with Crippen LogP contribution >= 0.6 is 0 Å². The minimum Gasteiger partial charge on any atom is -0.453 e. The Morgan fingerprint density at radius 2 is 1.58 bits per heavy atom. The molecule has 15 heteroatoms. The second-order valence-corrected chi connectivity index (χ2v) is 20.6. The fourth-order valence-corrected chi connectivity index (χ4v) is 12.3. The Balaban J connectivity index is 0.799. The van der Waals surface area contributed by atoms with Crippen molar-refractivity contribution in [2.75, 3.05) is 40.0 Å². The Morgan fingerprint density at radius 3 is 2.30 bits per heavy atom. The zero-order valence-electron chi connectivity index (χ0n) is 39.0. The number of aromatic amines is 2. The molecule has 12 rings (SSSR count). The topological polar surface area (TPSA) is 149 Å². The highest BCUT2D eigenvalue weighted by Crippen LogP contribution is 2.59. The molecule has 3 saturated heterocycles. The Hall–Kier alpha value is -6.45. The molecule has 2 bridgehead atoms. The SMILES string of the molecule is COC(=O)N[C@H](C(=O)N1CC2(CC2)C[C@H]1c1cnc(-c2ccc3c(c2)C(F)(F)c2cc(-c4ccc5nc([C@@H]6[C@H]7CC[C@H](C7)N6C(=O)[C@@H](c6ccccc6)N6CCOCC6)[nH]c5c4)ccc2-3)[nH]1)C(C)C. The molecule has 3 aliphatic carbocycles. The number of carbonyl (C=O) groups is 3. The van der Waals surface area contributed by atoms with E-state index in [9.17, 15) is 14.4 Å². The van der Waals surface area contributed by atoms with Crippen LogP contribution in [0.4, 0.5) is 13.6 Å². The van der Waals surface area contributed by atoms with Gasteiger partial charge < -0.3 is 34.6 Å². The van der Waals surface area contributed by atoms with Crippen molar-refractivity contribution in [2.45, 2.75) is 88.5 Å². The molecule has 2 aromatic heterocycles. The van der Waals surface area contributed by atoms with Crippen LogP contribution in [0.3, 0.4) is 0 Å². The summed E-state index contributed by atoms with van der Waals surface area (Å²) in [4.78, 5) is 64.0. The first-order valence-electron chi connectivity index (χ1n) is 24.5. The number of halogens is 2. The molecule has 13 nitrogen and oxygen atoms in total. The minimum atomic E-state index is -3.28. The Bertz CT molecular complexity index is 3000. The average molecular weight is 935 g/mol. The number of aromatic nitrogens is 4. The van der Waals surface area contributed by atoms with E-state index in [1.807, 2.05) is 79.4 Å². The molecule has 2 saturated carbocycles. The van der Waals surface area contributed by atoms with Gasteiger partial charge in [-0.3, -0.25) is 14.5 Å². The largest absolute Gasteiger partial charge is 0.453 e. The molecule has 4 aromatic carbocycles. The number of H-pyrrole nitrogens is 2. The molecule has 6 aromatic rings. The number of hydrogen-bond donors (Lipinski definition) is 3. The van der Waals surface area contributed by atoms with Crippen LogP contribution in [0.5, 0.6) is 0 Å². The molecule has 356 valence electrons. The van der Waals surface area contributed by atoms with E-state index >= 15 is 8.78 Å². The van der Waals surface area contributed by atoms with Crippen LogP contribution in [-0.2, 0) is 25.0 Å². The van der Waals surface area contributed by atoms with Crippen molar-refractivity contribution in [3.63, 3.8) is 0 Å². The number of methoxy groups -OCH3 is 1. The number of alkyl carbamates (subject to hydrolysis) is 1. The van der Waals surface area contributed by atoms with Crippen molar-refractivity contribution >= 4 is 28.9 Å². The smallest absolute Gasteiger partial charge is 0.407 e. The second-order valence-electron chi connectivity index (χ2n) is 20.6. The maximum absolute atomic E-state index is 16.8. The molecule has 0 unspecified atom stereocenters. The molecular formula is C54H56F2N8O5. The number of rotatable bonds is 10. The lowest BCUT2D eigenvalue weighted by molar-refractivity contribution is -0.144. The van der Waals surface area contributed by atoms with Gasteiger partial charge in [-0.1, -0.05) is 74.5 Å². The fraction of sp³-hybridized carbons (Fsp3) is 0.426. The van der Waals surface area contributed by atoms with Crippen LogP contribution in [0, 0.1) is 17.3 Å². The molecule has 1 spiro atoms. The van der Waals surface area contributed by atoms with Crippen LogP contribution in [0.15, 0.2) is 91.1 Å². The van der Waals surface area contributed by atoms with E-state index in [0.717, 1.165) is 72.2 Å². The summed E-state index contributed by atoms with van der Waals surface area (Å²) in [6, 6.07) is 24.7. The first-order chi connectivity index (χ1) is 33.4. The maximum Gasteiger partial charge on any atom is 0.407 e. The third-order valence-electron chi connectivity index (χ3n) is 16.1. The number of fused-ring (bicyclic) bond motifs is 6. The van der Waals surface area contributed by atoms with Gasteiger partial charge in [0.15, 0.2) is 0 Å². The van der Waals surface area contributed by atoms with Gasteiger partial charge in [0.25, 0.3) is 5.92 Å². The molecule has 69 heavy (non-hydrogen) atoms. The van der Waals surface area contributed by atoms with Crippen molar-refractivity contribution in [1.29, 1.82) is 0 Å². The summed E-state index contributed by atoms with van der Waals surface area (Å²) in [7, 11) is 1.27. The van der Waals surface area contributed by atoms with Gasteiger partial charge in [0.2, 0.25) is 11.8 Å². The van der Waals surface area contributed by atoms with Gasteiger partial charge in [-0.25, -0.2) is 14.8 Å². The number of alkyl halides is 2. The zero-order valence-corrected chi connectivity index (χ0v) is 39.0. The van der Waals surface area contributed by atoms with Crippen LogP contribution in [-0.4, -0.2) is 105 Å². The van der Waals surface area contributed by atoms with E-state index in [1.54, 1.807) is 24.4 Å². The quantitative estimate of drug-likeness (QED) is 0.123. The van der Waals surface area contributed by atoms with Crippen molar-refractivity contribution in [3.8, 4) is 33.6 Å². The van der Waals surface area contributed by atoms with Gasteiger partial charge in [0, 0.05) is 42.4 Å². The van der Waals surface area contributed by atoms with Crippen molar-refractivity contribution in [2.24, 2.45) is 17.3 Å². The maximum atomic E-state index is 16.8. The van der Waals surface area contributed by atoms with E-state index in [-0.39, 0.29) is 52.4 Å². The number of nitrogens with zero attached hydrogens (tertiary/aromatic N) is 5. The van der Waals surface area contributed by atoms with Crippen molar-refractivity contribution in [1.82, 2.24) is 40.0 Å². The number of amides is 3. The number of benzene rings is 4. The van der Waals surface area contributed by atoms with Gasteiger partial charge in [0.1, 0.15) is 23.7 Å². The number of nitrogens with one attached hydrogen (secondary N) is 3. The number of ether oxygens (including phenoxy) is 2. The fourth-order valence-electron chi connectivity index (χ4n) is 12.3. The summed E-state index contributed by atoms with van der Waals surface area (Å²) in [6.07, 6.45) is 6.77. The number of likely N-dealkylation sites (tertiary alicyclic amines) is 2. The lowest BCUT2D eigenvalue weighted by Crippen LogP contribution is -2.51. The number of hydrogen-bond acceptors (Lipinski definition) is 8. The first-order valence-corrected chi connectivity index (χ1v) is 24.5. The summed E-state index contributed by atoms with van der Waals surface area (Å²) in [5.41, 5.74) is 6.06. The van der Waals surface area contributed by atoms with Crippen LogP contribution in [0.25, 0.3) is 44.7 Å². The lowest BCUT2D eigenvalue weighted by Gasteiger charge is -2.41. The van der Waals surface area contributed by atoms with Gasteiger partial charge >= 0.3 is 6.09 Å². The summed E-state index contributed by atoms with van der Waals surface area (Å²) in [5.74, 6) is -2.03. The highest BCUT2D eigenvalue weighted by Gasteiger charge is 2.55. The van der Waals surface area contributed by atoms with Crippen LogP contribution in [0.1, 0.15) is 98.7 Å². The number of imidazole rings is 2. The van der Waals surface area contributed by atoms with Crippen LogP contribution in [0.2, 0.25) is 0 Å². The lowest BCUT2D eigenvalue weighted by atomic mass is 9.95. The molecule has 3 N–H and O–H groups in total. The molecule has 5 fully saturated rings. The predicted octanol–water partition coefficient (Wildman–Crippen LogP) is 9.30. The van der Waals surface area contributed by atoms with Crippen molar-refractivity contribution in [3.05, 3.63) is 119 Å². The Kier molecular flexibility index (Phi) is 10.5. The first kappa shape index (κ1) is 43.8. The highest BCUT2D eigenvalue weighted by molar-refractivity contribution is 5.89. The third kappa shape index (κ3) is 7.42. The number of piperidine rings is 1. The molecule has 6 atom stereocenters. The zero-order chi connectivity index (χ0) is 47.3. The third-order valence-corrected chi connectivity index (χ3v) is 16.1.